The third kappa shape index (κ3) is 4.43. The SMILES string of the molecule is Cc1ccc(C)c(COC(=O)CNC(=O)c2cccs2)c1. The minimum atomic E-state index is -0.444. The van der Waals surface area contributed by atoms with Crippen LogP contribution in [-0.2, 0) is 16.1 Å². The van der Waals surface area contributed by atoms with Crippen LogP contribution in [0.4, 0.5) is 0 Å². The lowest BCUT2D eigenvalue weighted by atomic mass is 10.1. The van der Waals surface area contributed by atoms with Crippen LogP contribution in [0.15, 0.2) is 35.7 Å². The number of amides is 1. The number of thiophene rings is 1. The van der Waals surface area contributed by atoms with Gasteiger partial charge in [-0.2, -0.15) is 0 Å². The molecule has 0 aliphatic heterocycles. The summed E-state index contributed by atoms with van der Waals surface area (Å²) >= 11 is 1.33. The van der Waals surface area contributed by atoms with E-state index in [0.717, 1.165) is 16.7 Å². The van der Waals surface area contributed by atoms with Gasteiger partial charge in [-0.05, 0) is 36.4 Å². The number of esters is 1. The molecule has 1 amide bonds. The average molecular weight is 303 g/mol. The summed E-state index contributed by atoms with van der Waals surface area (Å²) in [5, 5.41) is 4.36. The summed E-state index contributed by atoms with van der Waals surface area (Å²) in [6.07, 6.45) is 0. The molecule has 1 heterocycles. The normalized spacial score (nSPS) is 10.2. The summed E-state index contributed by atoms with van der Waals surface area (Å²) in [7, 11) is 0. The third-order valence-corrected chi connectivity index (χ3v) is 3.90. The highest BCUT2D eigenvalue weighted by molar-refractivity contribution is 7.12. The second-order valence-corrected chi connectivity index (χ2v) is 5.70. The van der Waals surface area contributed by atoms with Gasteiger partial charge in [0.05, 0.1) is 4.88 Å². The molecule has 0 aliphatic carbocycles. The molecule has 1 aromatic heterocycles. The number of aryl methyl sites for hydroxylation is 2. The Morgan fingerprint density at radius 1 is 1.24 bits per heavy atom. The summed E-state index contributed by atoms with van der Waals surface area (Å²) < 4.78 is 5.18. The Labute approximate surface area is 127 Å². The maximum absolute atomic E-state index is 11.7. The number of hydrogen-bond donors (Lipinski definition) is 1. The van der Waals surface area contributed by atoms with Crippen molar-refractivity contribution in [3.05, 3.63) is 57.3 Å². The van der Waals surface area contributed by atoms with Gasteiger partial charge in [-0.25, -0.2) is 0 Å². The molecule has 0 saturated heterocycles. The largest absolute Gasteiger partial charge is 0.459 e. The van der Waals surface area contributed by atoms with E-state index in [1.807, 2.05) is 37.4 Å². The molecular weight excluding hydrogens is 286 g/mol. The van der Waals surface area contributed by atoms with Crippen molar-refractivity contribution in [3.8, 4) is 0 Å². The van der Waals surface area contributed by atoms with Crippen LogP contribution in [0.25, 0.3) is 0 Å². The second-order valence-electron chi connectivity index (χ2n) is 4.75. The summed E-state index contributed by atoms with van der Waals surface area (Å²) in [5.41, 5.74) is 3.18. The van der Waals surface area contributed by atoms with Crippen molar-refractivity contribution in [2.75, 3.05) is 6.54 Å². The van der Waals surface area contributed by atoms with Crippen molar-refractivity contribution in [2.24, 2.45) is 0 Å². The molecule has 0 atom stereocenters. The molecule has 4 nitrogen and oxygen atoms in total. The van der Waals surface area contributed by atoms with Crippen molar-refractivity contribution >= 4 is 23.2 Å². The summed E-state index contributed by atoms with van der Waals surface area (Å²) in [4.78, 5) is 23.9. The van der Waals surface area contributed by atoms with Crippen molar-refractivity contribution in [3.63, 3.8) is 0 Å². The first-order chi connectivity index (χ1) is 10.1. The summed E-state index contributed by atoms with van der Waals surface area (Å²) in [6, 6.07) is 9.51. The van der Waals surface area contributed by atoms with Gasteiger partial charge in [0.1, 0.15) is 13.2 Å². The van der Waals surface area contributed by atoms with Gasteiger partial charge in [0.2, 0.25) is 0 Å². The number of nitrogens with one attached hydrogen (secondary N) is 1. The van der Waals surface area contributed by atoms with Gasteiger partial charge in [0.15, 0.2) is 0 Å². The number of carbonyl (C=O) groups excluding carboxylic acids is 2. The van der Waals surface area contributed by atoms with Crippen LogP contribution in [0.2, 0.25) is 0 Å². The fourth-order valence-corrected chi connectivity index (χ4v) is 2.45. The molecule has 0 fully saturated rings. The first-order valence-electron chi connectivity index (χ1n) is 6.59. The van der Waals surface area contributed by atoms with Gasteiger partial charge in [0.25, 0.3) is 5.91 Å². The predicted molar refractivity (Wildman–Crippen MR) is 82.4 cm³/mol. The fourth-order valence-electron chi connectivity index (χ4n) is 1.81. The zero-order valence-corrected chi connectivity index (χ0v) is 12.8. The lowest BCUT2D eigenvalue weighted by Crippen LogP contribution is -2.30. The van der Waals surface area contributed by atoms with E-state index in [0.29, 0.717) is 4.88 Å². The maximum Gasteiger partial charge on any atom is 0.325 e. The van der Waals surface area contributed by atoms with Crippen LogP contribution in [0.1, 0.15) is 26.4 Å². The smallest absolute Gasteiger partial charge is 0.325 e. The van der Waals surface area contributed by atoms with Crippen LogP contribution in [0, 0.1) is 13.8 Å². The molecule has 2 aromatic rings. The lowest BCUT2D eigenvalue weighted by molar-refractivity contribution is -0.143. The quantitative estimate of drug-likeness (QED) is 0.864. The van der Waals surface area contributed by atoms with Crippen molar-refractivity contribution in [2.45, 2.75) is 20.5 Å². The van der Waals surface area contributed by atoms with E-state index in [2.05, 4.69) is 5.32 Å². The number of benzene rings is 1. The van der Waals surface area contributed by atoms with Crippen molar-refractivity contribution in [1.29, 1.82) is 0 Å². The van der Waals surface area contributed by atoms with Gasteiger partial charge >= 0.3 is 5.97 Å². The zero-order chi connectivity index (χ0) is 15.2. The topological polar surface area (TPSA) is 55.4 Å². The van der Waals surface area contributed by atoms with Crippen molar-refractivity contribution in [1.82, 2.24) is 5.32 Å². The molecule has 1 N–H and O–H groups in total. The predicted octanol–water partition coefficient (Wildman–Crippen LogP) is 2.84. The van der Waals surface area contributed by atoms with Crippen LogP contribution in [-0.4, -0.2) is 18.4 Å². The number of hydrogen-bond acceptors (Lipinski definition) is 4. The Hall–Kier alpha value is -2.14. The Morgan fingerprint density at radius 2 is 2.05 bits per heavy atom. The van der Waals surface area contributed by atoms with E-state index in [-0.39, 0.29) is 19.1 Å². The van der Waals surface area contributed by atoms with Crippen molar-refractivity contribution < 1.29 is 14.3 Å². The first kappa shape index (κ1) is 15.3. The van der Waals surface area contributed by atoms with E-state index in [9.17, 15) is 9.59 Å². The molecular formula is C16H17NO3S. The van der Waals surface area contributed by atoms with Gasteiger partial charge in [-0.15, -0.1) is 11.3 Å². The number of rotatable bonds is 5. The highest BCUT2D eigenvalue weighted by Crippen LogP contribution is 2.12. The molecule has 5 heteroatoms. The van der Waals surface area contributed by atoms with E-state index in [1.54, 1.807) is 12.1 Å². The van der Waals surface area contributed by atoms with Crippen LogP contribution >= 0.6 is 11.3 Å². The van der Waals surface area contributed by atoms with Crippen LogP contribution in [0.3, 0.4) is 0 Å². The molecule has 0 saturated carbocycles. The zero-order valence-electron chi connectivity index (χ0n) is 12.0. The number of carbonyl (C=O) groups is 2. The molecule has 21 heavy (non-hydrogen) atoms. The minimum Gasteiger partial charge on any atom is -0.459 e. The Kier molecular flexibility index (Phi) is 5.11. The van der Waals surface area contributed by atoms with Gasteiger partial charge in [0, 0.05) is 0 Å². The van der Waals surface area contributed by atoms with E-state index in [1.165, 1.54) is 11.3 Å². The molecule has 0 bridgehead atoms. The van der Waals surface area contributed by atoms with Gasteiger partial charge in [-0.3, -0.25) is 9.59 Å². The Bertz CT molecular complexity index is 635. The highest BCUT2D eigenvalue weighted by atomic mass is 32.1. The van der Waals surface area contributed by atoms with Crippen LogP contribution in [0.5, 0.6) is 0 Å². The first-order valence-corrected chi connectivity index (χ1v) is 7.47. The minimum absolute atomic E-state index is 0.123. The third-order valence-electron chi connectivity index (χ3n) is 3.03. The summed E-state index contributed by atoms with van der Waals surface area (Å²) in [5.74, 6) is -0.700. The Morgan fingerprint density at radius 3 is 2.76 bits per heavy atom. The second kappa shape index (κ2) is 7.04. The molecule has 0 aliphatic rings. The molecule has 0 spiro atoms. The molecule has 110 valence electrons. The standard InChI is InChI=1S/C16H17NO3S/c1-11-5-6-12(2)13(8-11)10-20-15(18)9-17-16(19)14-4-3-7-21-14/h3-8H,9-10H2,1-2H3,(H,17,19). The van der Waals surface area contributed by atoms with Gasteiger partial charge in [-0.1, -0.05) is 29.8 Å². The Balaban J connectivity index is 1.80. The molecule has 0 radical (unpaired) electrons. The highest BCUT2D eigenvalue weighted by Gasteiger charge is 2.10. The van der Waals surface area contributed by atoms with E-state index >= 15 is 0 Å². The monoisotopic (exact) mass is 303 g/mol. The molecule has 0 unspecified atom stereocenters. The summed E-state index contributed by atoms with van der Waals surface area (Å²) in [6.45, 7) is 4.07. The molecule has 2 rings (SSSR count). The van der Waals surface area contributed by atoms with E-state index in [4.69, 9.17) is 4.74 Å². The lowest BCUT2D eigenvalue weighted by Gasteiger charge is -2.09. The van der Waals surface area contributed by atoms with E-state index < -0.39 is 5.97 Å². The molecule has 1 aromatic carbocycles. The van der Waals surface area contributed by atoms with Gasteiger partial charge < -0.3 is 10.1 Å². The fraction of sp³-hybridized carbons (Fsp3) is 0.250. The maximum atomic E-state index is 11.7. The average Bonchev–Trinajstić information content (AvgIpc) is 3.00. The number of ether oxygens (including phenoxy) is 1. The van der Waals surface area contributed by atoms with Crippen LogP contribution < -0.4 is 5.32 Å².